The summed E-state index contributed by atoms with van der Waals surface area (Å²) in [4.78, 5) is 5.16. The Kier molecular flexibility index (Phi) is 11.3. The molecule has 0 aromatic heterocycles. The van der Waals surface area contributed by atoms with E-state index in [9.17, 15) is 0 Å². The Morgan fingerprint density at radius 2 is 1.14 bits per heavy atom. The Labute approximate surface area is 139 Å². The first-order valence-corrected chi connectivity index (χ1v) is 10.0. The maximum absolute atomic E-state index is 2.60. The molecule has 1 rings (SSSR count). The number of unbranched alkanes of at least 4 members (excludes halogenated alkanes) is 8. The van der Waals surface area contributed by atoms with Crippen molar-refractivity contribution < 1.29 is 0 Å². The summed E-state index contributed by atoms with van der Waals surface area (Å²) >= 11 is 0. The van der Waals surface area contributed by atoms with Gasteiger partial charge in [0.05, 0.1) is 0 Å². The lowest BCUT2D eigenvalue weighted by Crippen LogP contribution is -2.39. The molecule has 1 heterocycles. The first-order valence-electron chi connectivity index (χ1n) is 10.0. The van der Waals surface area contributed by atoms with Crippen LogP contribution in [0.3, 0.4) is 0 Å². The molecule has 130 valence electrons. The van der Waals surface area contributed by atoms with Gasteiger partial charge in [0.1, 0.15) is 6.17 Å². The lowest BCUT2D eigenvalue weighted by Gasteiger charge is -2.33. The molecule has 1 unspecified atom stereocenters. The molecule has 0 radical (unpaired) electrons. The summed E-state index contributed by atoms with van der Waals surface area (Å²) in [5, 5.41) is 0. The Bertz CT molecular complexity index is 275. The van der Waals surface area contributed by atoms with Crippen molar-refractivity contribution >= 4 is 0 Å². The van der Waals surface area contributed by atoms with E-state index < -0.39 is 0 Å². The van der Waals surface area contributed by atoms with Gasteiger partial charge >= 0.3 is 0 Å². The monoisotopic (exact) mass is 308 g/mol. The van der Waals surface area contributed by atoms with E-state index in [0.29, 0.717) is 6.17 Å². The van der Waals surface area contributed by atoms with Crippen LogP contribution in [-0.2, 0) is 0 Å². The van der Waals surface area contributed by atoms with E-state index in [4.69, 9.17) is 0 Å². The molecule has 0 spiro atoms. The van der Waals surface area contributed by atoms with E-state index in [1.807, 2.05) is 0 Å². The van der Waals surface area contributed by atoms with Crippen LogP contribution in [0.1, 0.15) is 97.8 Å². The van der Waals surface area contributed by atoms with Crippen molar-refractivity contribution in [2.24, 2.45) is 0 Å². The van der Waals surface area contributed by atoms with Crippen molar-refractivity contribution in [3.8, 4) is 0 Å². The zero-order valence-electron chi connectivity index (χ0n) is 15.5. The summed E-state index contributed by atoms with van der Waals surface area (Å²) in [7, 11) is 0. The molecule has 1 aliphatic heterocycles. The van der Waals surface area contributed by atoms with E-state index in [1.54, 1.807) is 0 Å². The van der Waals surface area contributed by atoms with Crippen LogP contribution in [-0.4, -0.2) is 29.1 Å². The first kappa shape index (κ1) is 19.4. The fourth-order valence-corrected chi connectivity index (χ4v) is 3.41. The van der Waals surface area contributed by atoms with Crippen LogP contribution in [0.2, 0.25) is 0 Å². The third kappa shape index (κ3) is 7.56. The molecular formula is C20H40N2. The molecule has 0 aromatic carbocycles. The molecule has 0 saturated carbocycles. The fraction of sp³-hybridized carbons (Fsp3) is 0.900. The van der Waals surface area contributed by atoms with Gasteiger partial charge in [0.25, 0.3) is 0 Å². The van der Waals surface area contributed by atoms with Crippen LogP contribution in [0, 0.1) is 0 Å². The predicted octanol–water partition coefficient (Wildman–Crippen LogP) is 6.14. The fourth-order valence-electron chi connectivity index (χ4n) is 3.41. The molecular weight excluding hydrogens is 268 g/mol. The second kappa shape index (κ2) is 12.8. The van der Waals surface area contributed by atoms with Gasteiger partial charge in [0.2, 0.25) is 0 Å². The van der Waals surface area contributed by atoms with Crippen LogP contribution in [0.15, 0.2) is 12.4 Å². The highest BCUT2D eigenvalue weighted by molar-refractivity contribution is 4.96. The van der Waals surface area contributed by atoms with E-state index in [-0.39, 0.29) is 0 Å². The molecule has 0 fully saturated rings. The topological polar surface area (TPSA) is 6.48 Å². The Morgan fingerprint density at radius 3 is 1.73 bits per heavy atom. The second-order valence-corrected chi connectivity index (χ2v) is 6.87. The average molecular weight is 309 g/mol. The lowest BCUT2D eigenvalue weighted by atomic mass is 10.1. The Hall–Kier alpha value is -0.660. The van der Waals surface area contributed by atoms with Gasteiger partial charge in [0.15, 0.2) is 0 Å². The summed E-state index contributed by atoms with van der Waals surface area (Å²) < 4.78 is 0. The third-order valence-electron chi connectivity index (χ3n) is 4.78. The van der Waals surface area contributed by atoms with Crippen molar-refractivity contribution in [3.05, 3.63) is 12.4 Å². The molecule has 1 atom stereocenters. The average Bonchev–Trinajstić information content (AvgIpc) is 2.90. The van der Waals surface area contributed by atoms with Gasteiger partial charge in [0, 0.05) is 25.5 Å². The lowest BCUT2D eigenvalue weighted by molar-refractivity contribution is 0.138. The summed E-state index contributed by atoms with van der Waals surface area (Å²) in [6.45, 7) is 9.33. The molecule has 2 heteroatoms. The first-order chi connectivity index (χ1) is 10.8. The number of rotatable bonds is 14. The van der Waals surface area contributed by atoms with Crippen LogP contribution in [0.25, 0.3) is 0 Å². The Morgan fingerprint density at radius 1 is 0.591 bits per heavy atom. The molecule has 1 aliphatic rings. The highest BCUT2D eigenvalue weighted by Gasteiger charge is 2.24. The molecule has 0 N–H and O–H groups in total. The number of hydrogen-bond acceptors (Lipinski definition) is 2. The standard InChI is InChI=1S/C20H40N2/c1-4-7-9-10-11-12-13-14-17-22-19-18-21(16-6-3)20(22)15-8-5-2/h18-20H,4-17H2,1-3H3. The van der Waals surface area contributed by atoms with Gasteiger partial charge in [-0.15, -0.1) is 0 Å². The summed E-state index contributed by atoms with van der Waals surface area (Å²) in [6, 6.07) is 0. The third-order valence-corrected chi connectivity index (χ3v) is 4.78. The smallest absolute Gasteiger partial charge is 0.101 e. The van der Waals surface area contributed by atoms with Crippen LogP contribution in [0.5, 0.6) is 0 Å². The van der Waals surface area contributed by atoms with E-state index >= 15 is 0 Å². The van der Waals surface area contributed by atoms with Gasteiger partial charge < -0.3 is 9.80 Å². The zero-order valence-corrected chi connectivity index (χ0v) is 15.5. The predicted molar refractivity (Wildman–Crippen MR) is 98.8 cm³/mol. The SMILES string of the molecule is CCCCCCCCCCN1C=CN(CCC)C1CCCC. The van der Waals surface area contributed by atoms with Crippen molar-refractivity contribution in [2.45, 2.75) is 104 Å². The zero-order chi connectivity index (χ0) is 16.0. The van der Waals surface area contributed by atoms with Crippen LogP contribution < -0.4 is 0 Å². The normalized spacial score (nSPS) is 17.7. The summed E-state index contributed by atoms with van der Waals surface area (Å²) in [5.41, 5.74) is 0. The van der Waals surface area contributed by atoms with E-state index in [1.165, 1.54) is 90.1 Å². The quantitative estimate of drug-likeness (QED) is 0.355. The van der Waals surface area contributed by atoms with Gasteiger partial charge in [-0.05, 0) is 25.7 Å². The van der Waals surface area contributed by atoms with Crippen molar-refractivity contribution in [3.63, 3.8) is 0 Å². The Balaban J connectivity index is 2.15. The highest BCUT2D eigenvalue weighted by Crippen LogP contribution is 2.22. The molecule has 0 bridgehead atoms. The maximum Gasteiger partial charge on any atom is 0.101 e. The molecule has 0 aromatic rings. The number of hydrogen-bond donors (Lipinski definition) is 0. The summed E-state index contributed by atoms with van der Waals surface area (Å²) in [5.74, 6) is 0. The van der Waals surface area contributed by atoms with Gasteiger partial charge in [-0.25, -0.2) is 0 Å². The molecule has 0 aliphatic carbocycles. The second-order valence-electron chi connectivity index (χ2n) is 6.87. The maximum atomic E-state index is 2.60. The highest BCUT2D eigenvalue weighted by atomic mass is 15.4. The summed E-state index contributed by atoms with van der Waals surface area (Å²) in [6.07, 6.45) is 21.8. The number of nitrogens with zero attached hydrogens (tertiary/aromatic N) is 2. The van der Waals surface area contributed by atoms with Gasteiger partial charge in [-0.2, -0.15) is 0 Å². The molecule has 0 amide bonds. The van der Waals surface area contributed by atoms with Crippen molar-refractivity contribution in [1.82, 2.24) is 9.80 Å². The molecule has 2 nitrogen and oxygen atoms in total. The van der Waals surface area contributed by atoms with Crippen LogP contribution in [0.4, 0.5) is 0 Å². The molecule has 22 heavy (non-hydrogen) atoms. The molecule has 0 saturated heterocycles. The van der Waals surface area contributed by atoms with E-state index in [2.05, 4.69) is 43.0 Å². The minimum absolute atomic E-state index is 0.643. The van der Waals surface area contributed by atoms with Gasteiger partial charge in [-0.1, -0.05) is 72.1 Å². The van der Waals surface area contributed by atoms with Crippen molar-refractivity contribution in [2.75, 3.05) is 13.1 Å². The van der Waals surface area contributed by atoms with E-state index in [0.717, 1.165) is 0 Å². The minimum atomic E-state index is 0.643. The van der Waals surface area contributed by atoms with Crippen LogP contribution >= 0.6 is 0 Å². The largest absolute Gasteiger partial charge is 0.356 e. The van der Waals surface area contributed by atoms with Gasteiger partial charge in [-0.3, -0.25) is 0 Å². The van der Waals surface area contributed by atoms with Crippen molar-refractivity contribution in [1.29, 1.82) is 0 Å². The minimum Gasteiger partial charge on any atom is -0.356 e.